The molecule has 6 heteroatoms. The van der Waals surface area contributed by atoms with E-state index in [1.54, 1.807) is 35.2 Å². The first-order chi connectivity index (χ1) is 13.2. The van der Waals surface area contributed by atoms with Crippen LogP contribution < -0.4 is 5.43 Å². The van der Waals surface area contributed by atoms with Crippen LogP contribution in [0.15, 0.2) is 78.7 Å². The number of carbonyl (C=O) groups excluding carboxylic acids is 1. The van der Waals surface area contributed by atoms with Crippen LogP contribution in [-0.2, 0) is 13.0 Å². The molecule has 1 aromatic heterocycles. The lowest BCUT2D eigenvalue weighted by Crippen LogP contribution is -2.18. The molecule has 0 fully saturated rings. The van der Waals surface area contributed by atoms with Crippen LogP contribution in [0.2, 0.25) is 0 Å². The summed E-state index contributed by atoms with van der Waals surface area (Å²) in [7, 11) is 0. The zero-order valence-electron chi connectivity index (χ0n) is 14.7. The summed E-state index contributed by atoms with van der Waals surface area (Å²) < 4.78 is 1.79. The second-order valence-corrected chi connectivity index (χ2v) is 5.95. The Morgan fingerprint density at radius 2 is 2.11 bits per heavy atom. The van der Waals surface area contributed by atoms with Gasteiger partial charge in [0, 0.05) is 23.5 Å². The van der Waals surface area contributed by atoms with Crippen LogP contribution in [0, 0.1) is 0 Å². The molecule has 0 spiro atoms. The molecule has 136 valence electrons. The van der Waals surface area contributed by atoms with Crippen molar-refractivity contribution in [3.05, 3.63) is 95.8 Å². The number of nitrogens with one attached hydrogen (secondary N) is 1. The average molecular weight is 360 g/mol. The van der Waals surface area contributed by atoms with Crippen LogP contribution >= 0.6 is 0 Å². The quantitative estimate of drug-likeness (QED) is 0.386. The van der Waals surface area contributed by atoms with Crippen molar-refractivity contribution in [1.29, 1.82) is 0 Å². The van der Waals surface area contributed by atoms with E-state index in [2.05, 4.69) is 22.2 Å². The summed E-state index contributed by atoms with van der Waals surface area (Å²) in [5.41, 5.74) is 5.24. The smallest absolute Gasteiger partial charge is 0.271 e. The first-order valence-electron chi connectivity index (χ1n) is 8.49. The lowest BCUT2D eigenvalue weighted by molar-refractivity contribution is 0.0955. The summed E-state index contributed by atoms with van der Waals surface area (Å²) in [4.78, 5) is 12.3. The van der Waals surface area contributed by atoms with Gasteiger partial charge in [-0.15, -0.1) is 6.58 Å². The third kappa shape index (κ3) is 4.70. The molecular weight excluding hydrogens is 340 g/mol. The van der Waals surface area contributed by atoms with Gasteiger partial charge >= 0.3 is 0 Å². The fraction of sp³-hybridized carbons (Fsp3) is 0.0952. The molecule has 0 bridgehead atoms. The number of hydrazone groups is 1. The Balaban J connectivity index is 1.66. The van der Waals surface area contributed by atoms with E-state index in [0.717, 1.165) is 11.1 Å². The van der Waals surface area contributed by atoms with Gasteiger partial charge in [-0.3, -0.25) is 9.48 Å². The predicted molar refractivity (Wildman–Crippen MR) is 105 cm³/mol. The van der Waals surface area contributed by atoms with Crippen molar-refractivity contribution >= 4 is 12.1 Å². The number of allylic oxidation sites excluding steroid dienone is 1. The monoisotopic (exact) mass is 360 g/mol. The lowest BCUT2D eigenvalue weighted by Gasteiger charge is -2.06. The Labute approximate surface area is 157 Å². The number of rotatable bonds is 7. The minimum Gasteiger partial charge on any atom is -0.507 e. The number of hydrogen-bond acceptors (Lipinski definition) is 4. The molecule has 2 N–H and O–H groups in total. The Morgan fingerprint density at radius 3 is 2.89 bits per heavy atom. The van der Waals surface area contributed by atoms with Crippen molar-refractivity contribution in [1.82, 2.24) is 15.2 Å². The average Bonchev–Trinajstić information content (AvgIpc) is 3.18. The normalized spacial score (nSPS) is 10.8. The minimum absolute atomic E-state index is 0.136. The number of phenols is 1. The van der Waals surface area contributed by atoms with Crippen LogP contribution in [-0.4, -0.2) is 27.0 Å². The SMILES string of the molecule is C=CCc1cccc(C=NNC(=O)c2cccc(Cn3cccn3)c2)c1O. The number of aromatic hydroxyl groups is 1. The van der Waals surface area contributed by atoms with E-state index in [4.69, 9.17) is 0 Å². The van der Waals surface area contributed by atoms with E-state index in [-0.39, 0.29) is 11.7 Å². The molecule has 6 nitrogen and oxygen atoms in total. The zero-order chi connectivity index (χ0) is 19.1. The van der Waals surface area contributed by atoms with E-state index < -0.39 is 0 Å². The first kappa shape index (κ1) is 18.1. The van der Waals surface area contributed by atoms with E-state index in [9.17, 15) is 9.90 Å². The van der Waals surface area contributed by atoms with Gasteiger partial charge in [0.2, 0.25) is 0 Å². The third-order valence-electron chi connectivity index (χ3n) is 3.98. The Hall–Kier alpha value is -3.67. The molecule has 0 aliphatic heterocycles. The largest absolute Gasteiger partial charge is 0.507 e. The molecule has 0 aliphatic rings. The maximum Gasteiger partial charge on any atom is 0.271 e. The summed E-state index contributed by atoms with van der Waals surface area (Å²) in [6.07, 6.45) is 7.28. The molecule has 3 rings (SSSR count). The second-order valence-electron chi connectivity index (χ2n) is 5.95. The van der Waals surface area contributed by atoms with Crippen molar-refractivity contribution in [2.75, 3.05) is 0 Å². The van der Waals surface area contributed by atoms with E-state index >= 15 is 0 Å². The van der Waals surface area contributed by atoms with Gasteiger partial charge in [-0.25, -0.2) is 5.43 Å². The highest BCUT2D eigenvalue weighted by atomic mass is 16.3. The van der Waals surface area contributed by atoms with Crippen molar-refractivity contribution in [2.24, 2.45) is 5.10 Å². The van der Waals surface area contributed by atoms with E-state index in [0.29, 0.717) is 24.1 Å². The number of hydrogen-bond donors (Lipinski definition) is 2. The molecule has 2 aromatic carbocycles. The van der Waals surface area contributed by atoms with Crippen molar-refractivity contribution in [2.45, 2.75) is 13.0 Å². The molecule has 0 unspecified atom stereocenters. The molecule has 1 amide bonds. The number of nitrogens with zero attached hydrogens (tertiary/aromatic N) is 3. The number of para-hydroxylation sites is 1. The lowest BCUT2D eigenvalue weighted by atomic mass is 10.1. The van der Waals surface area contributed by atoms with Gasteiger partial charge in [0.05, 0.1) is 12.8 Å². The topological polar surface area (TPSA) is 79.5 Å². The van der Waals surface area contributed by atoms with Crippen LogP contribution in [0.1, 0.15) is 27.0 Å². The number of benzene rings is 2. The fourth-order valence-corrected chi connectivity index (χ4v) is 2.65. The molecular formula is C21H20N4O2. The minimum atomic E-state index is -0.324. The zero-order valence-corrected chi connectivity index (χ0v) is 14.7. The highest BCUT2D eigenvalue weighted by molar-refractivity contribution is 5.95. The van der Waals surface area contributed by atoms with Crippen LogP contribution in [0.25, 0.3) is 0 Å². The summed E-state index contributed by atoms with van der Waals surface area (Å²) in [5, 5.41) is 18.3. The molecule has 0 aliphatic carbocycles. The Kier molecular flexibility index (Phi) is 5.79. The fourth-order valence-electron chi connectivity index (χ4n) is 2.65. The van der Waals surface area contributed by atoms with Crippen molar-refractivity contribution in [3.63, 3.8) is 0 Å². The standard InChI is InChI=1S/C21H20N4O2/c1-2-6-17-8-4-10-19(20(17)26)14-22-24-21(27)18-9-3-7-16(13-18)15-25-12-5-11-23-25/h2-5,7-14,26H,1,6,15H2,(H,24,27). The Bertz CT molecular complexity index is 962. The van der Waals surface area contributed by atoms with Crippen molar-refractivity contribution < 1.29 is 9.90 Å². The van der Waals surface area contributed by atoms with Gasteiger partial charge in [0.15, 0.2) is 0 Å². The molecule has 0 saturated heterocycles. The molecule has 0 radical (unpaired) electrons. The number of phenolic OH excluding ortho intramolecular Hbond substituents is 1. The maximum absolute atomic E-state index is 12.3. The molecule has 1 heterocycles. The van der Waals surface area contributed by atoms with Crippen LogP contribution in [0.3, 0.4) is 0 Å². The van der Waals surface area contributed by atoms with Gasteiger partial charge < -0.3 is 5.11 Å². The van der Waals surface area contributed by atoms with Crippen molar-refractivity contribution in [3.8, 4) is 5.75 Å². The highest BCUT2D eigenvalue weighted by Gasteiger charge is 2.07. The number of carbonyl (C=O) groups is 1. The van der Waals surface area contributed by atoms with Crippen LogP contribution in [0.5, 0.6) is 5.75 Å². The van der Waals surface area contributed by atoms with Gasteiger partial charge in [-0.05, 0) is 41.8 Å². The third-order valence-corrected chi connectivity index (χ3v) is 3.98. The molecule has 0 atom stereocenters. The predicted octanol–water partition coefficient (Wildman–Crippen LogP) is 3.13. The molecule has 0 saturated carbocycles. The Morgan fingerprint density at radius 1 is 1.26 bits per heavy atom. The summed E-state index contributed by atoms with van der Waals surface area (Å²) >= 11 is 0. The summed E-state index contributed by atoms with van der Waals surface area (Å²) in [6, 6.07) is 14.5. The summed E-state index contributed by atoms with van der Waals surface area (Å²) in [5.74, 6) is -0.188. The van der Waals surface area contributed by atoms with Gasteiger partial charge in [-0.2, -0.15) is 10.2 Å². The highest BCUT2D eigenvalue weighted by Crippen LogP contribution is 2.21. The van der Waals surface area contributed by atoms with Crippen LogP contribution in [0.4, 0.5) is 0 Å². The van der Waals surface area contributed by atoms with E-state index in [1.165, 1.54) is 6.21 Å². The molecule has 27 heavy (non-hydrogen) atoms. The van der Waals surface area contributed by atoms with Gasteiger partial charge in [-0.1, -0.05) is 30.3 Å². The number of aromatic nitrogens is 2. The van der Waals surface area contributed by atoms with E-state index in [1.807, 2.05) is 36.5 Å². The second kappa shape index (κ2) is 8.62. The van der Waals surface area contributed by atoms with Gasteiger partial charge in [0.1, 0.15) is 5.75 Å². The number of amides is 1. The maximum atomic E-state index is 12.3. The molecule has 3 aromatic rings. The first-order valence-corrected chi connectivity index (χ1v) is 8.49. The summed E-state index contributed by atoms with van der Waals surface area (Å²) in [6.45, 7) is 4.25. The van der Waals surface area contributed by atoms with Gasteiger partial charge in [0.25, 0.3) is 5.91 Å².